The topological polar surface area (TPSA) is 68.3 Å². The Hall–Kier alpha value is -2.99. The summed E-state index contributed by atoms with van der Waals surface area (Å²) in [6.45, 7) is 0.169. The van der Waals surface area contributed by atoms with Crippen LogP contribution in [0, 0.1) is 0 Å². The number of carbonyl (C=O) groups is 2. The van der Waals surface area contributed by atoms with Gasteiger partial charge in [-0.25, -0.2) is 4.79 Å². The van der Waals surface area contributed by atoms with Gasteiger partial charge in [-0.05, 0) is 35.9 Å². The molecule has 0 bridgehead atoms. The summed E-state index contributed by atoms with van der Waals surface area (Å²) in [5.41, 5.74) is 2.27. The first-order valence-corrected chi connectivity index (χ1v) is 8.64. The summed E-state index contributed by atoms with van der Waals surface area (Å²) in [5.74, 6) is -0.180. The molecule has 3 aromatic rings. The van der Waals surface area contributed by atoms with E-state index in [1.807, 2.05) is 30.3 Å². The standard InChI is InChI=1S/C20H15BrN2O3/c21-17-9-16(19(24)15-7-4-8-22-12-15)10-18(11-17)23-20(25)26-13-14-5-2-1-3-6-14/h1-12H,13H2,(H,23,25). The van der Waals surface area contributed by atoms with Crippen LogP contribution in [0.5, 0.6) is 0 Å². The molecule has 1 heterocycles. The number of benzene rings is 2. The highest BCUT2D eigenvalue weighted by atomic mass is 79.9. The van der Waals surface area contributed by atoms with Crippen LogP contribution in [0.1, 0.15) is 21.5 Å². The van der Waals surface area contributed by atoms with Gasteiger partial charge in [-0.3, -0.25) is 15.1 Å². The minimum atomic E-state index is -0.591. The molecule has 1 aromatic heterocycles. The number of pyridine rings is 1. The monoisotopic (exact) mass is 410 g/mol. The maximum Gasteiger partial charge on any atom is 0.411 e. The third-order valence-corrected chi connectivity index (χ3v) is 4.00. The minimum Gasteiger partial charge on any atom is -0.444 e. The Morgan fingerprint density at radius 3 is 2.54 bits per heavy atom. The van der Waals surface area contributed by atoms with Gasteiger partial charge >= 0.3 is 6.09 Å². The van der Waals surface area contributed by atoms with Crippen molar-refractivity contribution in [2.24, 2.45) is 0 Å². The van der Waals surface area contributed by atoms with Crippen LogP contribution in [-0.2, 0) is 11.3 Å². The molecule has 6 heteroatoms. The van der Waals surface area contributed by atoms with Crippen molar-refractivity contribution in [2.75, 3.05) is 5.32 Å². The fourth-order valence-corrected chi connectivity index (χ4v) is 2.83. The van der Waals surface area contributed by atoms with Crippen LogP contribution in [-0.4, -0.2) is 16.9 Å². The van der Waals surface area contributed by atoms with Gasteiger partial charge in [0, 0.05) is 33.7 Å². The van der Waals surface area contributed by atoms with Gasteiger partial charge in [-0.1, -0.05) is 46.3 Å². The number of ether oxygens (including phenoxy) is 1. The number of anilines is 1. The van der Waals surface area contributed by atoms with E-state index in [2.05, 4.69) is 26.2 Å². The zero-order valence-electron chi connectivity index (χ0n) is 13.7. The number of rotatable bonds is 5. The number of ketones is 1. The maximum atomic E-state index is 12.5. The number of amides is 1. The molecule has 26 heavy (non-hydrogen) atoms. The molecule has 5 nitrogen and oxygen atoms in total. The SMILES string of the molecule is O=C(Nc1cc(Br)cc(C(=O)c2cccnc2)c1)OCc1ccccc1. The van der Waals surface area contributed by atoms with E-state index in [-0.39, 0.29) is 12.4 Å². The van der Waals surface area contributed by atoms with Crippen molar-refractivity contribution in [3.05, 3.63) is 94.2 Å². The van der Waals surface area contributed by atoms with Crippen molar-refractivity contribution in [3.63, 3.8) is 0 Å². The van der Waals surface area contributed by atoms with Gasteiger partial charge in [-0.2, -0.15) is 0 Å². The number of aromatic nitrogens is 1. The van der Waals surface area contributed by atoms with Crippen molar-refractivity contribution in [1.29, 1.82) is 0 Å². The second-order valence-electron chi connectivity index (χ2n) is 5.49. The summed E-state index contributed by atoms with van der Waals surface area (Å²) in [5, 5.41) is 2.64. The van der Waals surface area contributed by atoms with E-state index in [9.17, 15) is 9.59 Å². The normalized spacial score (nSPS) is 10.2. The number of nitrogens with zero attached hydrogens (tertiary/aromatic N) is 1. The molecule has 0 saturated carbocycles. The average molecular weight is 411 g/mol. The molecule has 0 unspecified atom stereocenters. The molecule has 1 amide bonds. The van der Waals surface area contributed by atoms with Gasteiger partial charge in [0.2, 0.25) is 0 Å². The molecule has 0 atom stereocenters. The zero-order valence-corrected chi connectivity index (χ0v) is 15.3. The highest BCUT2D eigenvalue weighted by Gasteiger charge is 2.12. The molecule has 130 valence electrons. The number of nitrogens with one attached hydrogen (secondary N) is 1. The second kappa shape index (κ2) is 8.40. The lowest BCUT2D eigenvalue weighted by molar-refractivity contribution is 0.103. The van der Waals surface area contributed by atoms with E-state index in [1.54, 1.807) is 36.5 Å². The van der Waals surface area contributed by atoms with E-state index in [4.69, 9.17) is 4.74 Å². The molecule has 1 N–H and O–H groups in total. The van der Waals surface area contributed by atoms with Crippen LogP contribution in [0.2, 0.25) is 0 Å². The van der Waals surface area contributed by atoms with E-state index < -0.39 is 6.09 Å². The summed E-state index contributed by atoms with van der Waals surface area (Å²) < 4.78 is 5.87. The third kappa shape index (κ3) is 4.77. The van der Waals surface area contributed by atoms with Crippen LogP contribution < -0.4 is 5.32 Å². The molecule has 0 saturated heterocycles. The Bertz CT molecular complexity index is 915. The van der Waals surface area contributed by atoms with E-state index >= 15 is 0 Å². The maximum absolute atomic E-state index is 12.5. The summed E-state index contributed by atoms with van der Waals surface area (Å²) in [7, 11) is 0. The third-order valence-electron chi connectivity index (χ3n) is 3.54. The molecule has 0 fully saturated rings. The van der Waals surface area contributed by atoms with Crippen LogP contribution in [0.25, 0.3) is 0 Å². The predicted octanol–water partition coefficient (Wildman–Crippen LogP) is 4.82. The largest absolute Gasteiger partial charge is 0.444 e. The van der Waals surface area contributed by atoms with Gasteiger partial charge in [0.15, 0.2) is 5.78 Å². The fraction of sp³-hybridized carbons (Fsp3) is 0.0500. The quantitative estimate of drug-likeness (QED) is 0.611. The number of halogens is 1. The molecule has 0 radical (unpaired) electrons. The number of hydrogen-bond acceptors (Lipinski definition) is 4. The molecule has 0 aliphatic carbocycles. The summed E-state index contributed by atoms with van der Waals surface area (Å²) in [6, 6.07) is 17.8. The molecular weight excluding hydrogens is 396 g/mol. The van der Waals surface area contributed by atoms with Crippen molar-refractivity contribution in [2.45, 2.75) is 6.61 Å². The number of carbonyl (C=O) groups excluding carboxylic acids is 2. The van der Waals surface area contributed by atoms with Crippen LogP contribution >= 0.6 is 15.9 Å². The van der Waals surface area contributed by atoms with E-state index in [0.717, 1.165) is 5.56 Å². The van der Waals surface area contributed by atoms with Crippen molar-refractivity contribution in [1.82, 2.24) is 4.98 Å². The Morgan fingerprint density at radius 2 is 1.81 bits per heavy atom. The Kier molecular flexibility index (Phi) is 5.76. The van der Waals surface area contributed by atoms with E-state index in [0.29, 0.717) is 21.3 Å². The lowest BCUT2D eigenvalue weighted by atomic mass is 10.0. The fourth-order valence-electron chi connectivity index (χ4n) is 2.33. The van der Waals surface area contributed by atoms with Gasteiger partial charge < -0.3 is 4.74 Å². The van der Waals surface area contributed by atoms with E-state index in [1.165, 1.54) is 6.20 Å². The van der Waals surface area contributed by atoms with Crippen LogP contribution in [0.4, 0.5) is 10.5 Å². The second-order valence-corrected chi connectivity index (χ2v) is 6.40. The Balaban J connectivity index is 1.69. The smallest absolute Gasteiger partial charge is 0.411 e. The predicted molar refractivity (Wildman–Crippen MR) is 102 cm³/mol. The highest BCUT2D eigenvalue weighted by Crippen LogP contribution is 2.22. The molecule has 3 rings (SSSR count). The first-order valence-electron chi connectivity index (χ1n) is 7.85. The van der Waals surface area contributed by atoms with Gasteiger partial charge in [0.05, 0.1) is 0 Å². The molecular formula is C20H15BrN2O3. The lowest BCUT2D eigenvalue weighted by Crippen LogP contribution is -2.14. The average Bonchev–Trinajstić information content (AvgIpc) is 2.67. The Labute approximate surface area is 159 Å². The first kappa shape index (κ1) is 17.8. The number of hydrogen-bond donors (Lipinski definition) is 1. The van der Waals surface area contributed by atoms with Crippen molar-refractivity contribution in [3.8, 4) is 0 Å². The molecule has 0 aliphatic rings. The first-order chi connectivity index (χ1) is 12.6. The molecule has 2 aromatic carbocycles. The van der Waals surface area contributed by atoms with Gasteiger partial charge in [0.25, 0.3) is 0 Å². The highest BCUT2D eigenvalue weighted by molar-refractivity contribution is 9.10. The minimum absolute atomic E-state index is 0.169. The van der Waals surface area contributed by atoms with Gasteiger partial charge in [-0.15, -0.1) is 0 Å². The lowest BCUT2D eigenvalue weighted by Gasteiger charge is -2.09. The van der Waals surface area contributed by atoms with Crippen LogP contribution in [0.3, 0.4) is 0 Å². The van der Waals surface area contributed by atoms with Gasteiger partial charge in [0.1, 0.15) is 6.61 Å². The van der Waals surface area contributed by atoms with Crippen molar-refractivity contribution < 1.29 is 14.3 Å². The van der Waals surface area contributed by atoms with Crippen LogP contribution in [0.15, 0.2) is 77.5 Å². The molecule has 0 spiro atoms. The summed E-state index contributed by atoms with van der Waals surface area (Å²) >= 11 is 3.36. The van der Waals surface area contributed by atoms with Crippen molar-refractivity contribution >= 4 is 33.5 Å². The zero-order chi connectivity index (χ0) is 18.4. The molecule has 0 aliphatic heterocycles. The summed E-state index contributed by atoms with van der Waals surface area (Å²) in [4.78, 5) is 28.5. The Morgan fingerprint density at radius 1 is 1.00 bits per heavy atom. The summed E-state index contributed by atoms with van der Waals surface area (Å²) in [6.07, 6.45) is 2.52.